The Labute approximate surface area is 196 Å². The molecule has 5 rings (SSSR count). The van der Waals surface area contributed by atoms with Crippen LogP contribution in [0.2, 0.25) is 0 Å². The van der Waals surface area contributed by atoms with Gasteiger partial charge in [0, 0.05) is 23.2 Å². The number of benzene rings is 3. The maximum atomic E-state index is 13.5. The Morgan fingerprint density at radius 2 is 1.79 bits per heavy atom. The van der Waals surface area contributed by atoms with E-state index in [1.165, 1.54) is 12.1 Å². The van der Waals surface area contributed by atoms with Gasteiger partial charge in [-0.25, -0.2) is 0 Å². The molecule has 2 heterocycles. The molecule has 1 aliphatic heterocycles. The first kappa shape index (κ1) is 21.1. The third-order valence-corrected chi connectivity index (χ3v) is 6.30. The van der Waals surface area contributed by atoms with Crippen LogP contribution in [0.1, 0.15) is 33.3 Å². The Kier molecular flexibility index (Phi) is 5.30. The highest BCUT2D eigenvalue weighted by molar-refractivity contribution is 9.10. The van der Waals surface area contributed by atoms with Crippen molar-refractivity contribution in [3.05, 3.63) is 120 Å². The fourth-order valence-electron chi connectivity index (χ4n) is 4.27. The maximum Gasteiger partial charge on any atom is 0.290 e. The molecule has 4 aromatic rings. The second-order valence-electron chi connectivity index (χ2n) is 7.80. The van der Waals surface area contributed by atoms with E-state index in [4.69, 9.17) is 4.42 Å². The number of halogens is 1. The van der Waals surface area contributed by atoms with Gasteiger partial charge in [-0.15, -0.1) is 0 Å². The van der Waals surface area contributed by atoms with Crippen molar-refractivity contribution in [1.82, 2.24) is 4.90 Å². The highest BCUT2D eigenvalue weighted by atomic mass is 79.9. The molecule has 3 aromatic carbocycles. The SMILES string of the molecule is O=C1c2oc3ccc(Br)cc3c(=O)c2[C@@H](c2cccc([N+](=O)[O-])c2)N1CCc1ccccc1. The second kappa shape index (κ2) is 8.29. The summed E-state index contributed by atoms with van der Waals surface area (Å²) in [4.78, 5) is 39.4. The van der Waals surface area contributed by atoms with Crippen molar-refractivity contribution in [3.8, 4) is 0 Å². The molecule has 1 aromatic heterocycles. The van der Waals surface area contributed by atoms with Gasteiger partial charge in [-0.2, -0.15) is 0 Å². The normalized spacial score (nSPS) is 15.1. The van der Waals surface area contributed by atoms with E-state index in [1.54, 1.807) is 35.2 Å². The number of rotatable bonds is 5. The van der Waals surface area contributed by atoms with Crippen LogP contribution in [0, 0.1) is 10.1 Å². The van der Waals surface area contributed by atoms with Crippen LogP contribution in [-0.4, -0.2) is 22.3 Å². The van der Waals surface area contributed by atoms with Gasteiger partial charge in [-0.1, -0.05) is 58.4 Å². The van der Waals surface area contributed by atoms with E-state index in [2.05, 4.69) is 15.9 Å². The van der Waals surface area contributed by atoms with E-state index in [0.717, 1.165) is 5.56 Å². The standard InChI is InChI=1S/C25H17BrN2O5/c26-17-9-10-20-19(14-17)23(29)21-22(16-7-4-8-18(13-16)28(31)32)27(25(30)24(21)33-20)12-11-15-5-2-1-3-6-15/h1-10,13-14,22H,11-12H2/t22-/m1/s1. The highest BCUT2D eigenvalue weighted by Crippen LogP contribution is 2.39. The fraction of sp³-hybridized carbons (Fsp3) is 0.120. The lowest BCUT2D eigenvalue weighted by molar-refractivity contribution is -0.384. The van der Waals surface area contributed by atoms with Crippen LogP contribution in [0.5, 0.6) is 0 Å². The average molecular weight is 505 g/mol. The summed E-state index contributed by atoms with van der Waals surface area (Å²) in [5, 5.41) is 11.7. The van der Waals surface area contributed by atoms with Gasteiger partial charge in [0.15, 0.2) is 5.43 Å². The molecule has 0 unspecified atom stereocenters. The zero-order valence-electron chi connectivity index (χ0n) is 17.2. The van der Waals surface area contributed by atoms with Crippen LogP contribution in [0.4, 0.5) is 5.69 Å². The van der Waals surface area contributed by atoms with Gasteiger partial charge in [0.25, 0.3) is 11.6 Å². The molecule has 0 aliphatic carbocycles. The zero-order chi connectivity index (χ0) is 23.1. The number of carbonyl (C=O) groups excluding carboxylic acids is 1. The predicted molar refractivity (Wildman–Crippen MR) is 126 cm³/mol. The summed E-state index contributed by atoms with van der Waals surface area (Å²) >= 11 is 3.37. The summed E-state index contributed by atoms with van der Waals surface area (Å²) in [6.07, 6.45) is 0.561. The molecule has 0 fully saturated rings. The molecule has 1 amide bonds. The van der Waals surface area contributed by atoms with Crippen LogP contribution in [0.25, 0.3) is 11.0 Å². The number of nitrogens with zero attached hydrogens (tertiary/aromatic N) is 2. The number of fused-ring (bicyclic) bond motifs is 2. The van der Waals surface area contributed by atoms with Gasteiger partial charge in [0.1, 0.15) is 5.58 Å². The first-order chi connectivity index (χ1) is 15.9. The molecule has 33 heavy (non-hydrogen) atoms. The van der Waals surface area contributed by atoms with E-state index in [0.29, 0.717) is 34.0 Å². The molecule has 0 saturated carbocycles. The number of carbonyl (C=O) groups is 1. The molecule has 0 radical (unpaired) electrons. The Morgan fingerprint density at radius 3 is 2.55 bits per heavy atom. The van der Waals surface area contributed by atoms with Crippen molar-refractivity contribution in [1.29, 1.82) is 0 Å². The Bertz CT molecular complexity index is 1470. The van der Waals surface area contributed by atoms with Gasteiger partial charge in [-0.05, 0) is 35.7 Å². The molecule has 0 spiro atoms. The highest BCUT2D eigenvalue weighted by Gasteiger charge is 2.42. The third-order valence-electron chi connectivity index (χ3n) is 5.81. The Balaban J connectivity index is 1.68. The molecule has 0 saturated heterocycles. The maximum absolute atomic E-state index is 13.5. The summed E-state index contributed by atoms with van der Waals surface area (Å²) in [5.74, 6) is -0.418. The number of nitro groups is 1. The zero-order valence-corrected chi connectivity index (χ0v) is 18.8. The van der Waals surface area contributed by atoms with E-state index >= 15 is 0 Å². The van der Waals surface area contributed by atoms with Crippen LogP contribution in [0.15, 0.2) is 86.5 Å². The van der Waals surface area contributed by atoms with Gasteiger partial charge >= 0.3 is 0 Å². The van der Waals surface area contributed by atoms with Crippen LogP contribution >= 0.6 is 15.9 Å². The van der Waals surface area contributed by atoms with E-state index in [9.17, 15) is 19.7 Å². The molecule has 1 aliphatic rings. The number of non-ortho nitro benzene ring substituents is 1. The molecule has 1 atom stereocenters. The van der Waals surface area contributed by atoms with Crippen LogP contribution in [0.3, 0.4) is 0 Å². The van der Waals surface area contributed by atoms with Crippen molar-refractivity contribution in [2.24, 2.45) is 0 Å². The molecule has 8 heteroatoms. The summed E-state index contributed by atoms with van der Waals surface area (Å²) in [6.45, 7) is 0.319. The minimum atomic E-state index is -0.782. The van der Waals surface area contributed by atoms with Gasteiger partial charge in [-0.3, -0.25) is 19.7 Å². The van der Waals surface area contributed by atoms with E-state index in [1.807, 2.05) is 30.3 Å². The van der Waals surface area contributed by atoms with Crippen molar-refractivity contribution in [2.75, 3.05) is 6.54 Å². The molecule has 0 N–H and O–H groups in total. The minimum absolute atomic E-state index is 0.0145. The molecule has 0 bridgehead atoms. The third kappa shape index (κ3) is 3.72. The summed E-state index contributed by atoms with van der Waals surface area (Å²) in [6, 6.07) is 20.0. The summed E-state index contributed by atoms with van der Waals surface area (Å²) < 4.78 is 6.63. The van der Waals surface area contributed by atoms with Gasteiger partial charge in [0.05, 0.1) is 21.9 Å². The predicted octanol–water partition coefficient (Wildman–Crippen LogP) is 5.25. The van der Waals surface area contributed by atoms with Gasteiger partial charge in [0.2, 0.25) is 5.76 Å². The largest absolute Gasteiger partial charge is 0.450 e. The van der Waals surface area contributed by atoms with Gasteiger partial charge < -0.3 is 9.32 Å². The van der Waals surface area contributed by atoms with Crippen molar-refractivity contribution in [2.45, 2.75) is 12.5 Å². The lowest BCUT2D eigenvalue weighted by Gasteiger charge is -2.25. The van der Waals surface area contributed by atoms with Crippen molar-refractivity contribution < 1.29 is 14.1 Å². The number of amides is 1. The topological polar surface area (TPSA) is 93.7 Å². The number of nitro benzene ring substituents is 1. The monoisotopic (exact) mass is 504 g/mol. The lowest BCUT2D eigenvalue weighted by Crippen LogP contribution is -2.31. The van der Waals surface area contributed by atoms with Crippen molar-refractivity contribution in [3.63, 3.8) is 0 Å². The second-order valence-corrected chi connectivity index (χ2v) is 8.72. The molecular formula is C25H17BrN2O5. The van der Waals surface area contributed by atoms with E-state index < -0.39 is 16.9 Å². The summed E-state index contributed by atoms with van der Waals surface area (Å²) in [5.41, 5.74) is 1.62. The quantitative estimate of drug-likeness (QED) is 0.273. The first-order valence-electron chi connectivity index (χ1n) is 10.3. The fourth-order valence-corrected chi connectivity index (χ4v) is 4.63. The Hall–Kier alpha value is -3.78. The Morgan fingerprint density at radius 1 is 1.00 bits per heavy atom. The van der Waals surface area contributed by atoms with Crippen LogP contribution in [-0.2, 0) is 6.42 Å². The lowest BCUT2D eigenvalue weighted by atomic mass is 9.98. The molecule has 164 valence electrons. The summed E-state index contributed by atoms with van der Waals surface area (Å²) in [7, 11) is 0. The number of hydrogen-bond donors (Lipinski definition) is 0. The minimum Gasteiger partial charge on any atom is -0.450 e. The van der Waals surface area contributed by atoms with Crippen LogP contribution < -0.4 is 5.43 Å². The average Bonchev–Trinajstić information content (AvgIpc) is 3.11. The number of hydrogen-bond acceptors (Lipinski definition) is 5. The van der Waals surface area contributed by atoms with Crippen molar-refractivity contribution >= 4 is 38.5 Å². The molecular weight excluding hydrogens is 488 g/mol. The smallest absolute Gasteiger partial charge is 0.290 e. The molecule has 7 nitrogen and oxygen atoms in total. The van der Waals surface area contributed by atoms with E-state index in [-0.39, 0.29) is 22.4 Å². The first-order valence-corrected chi connectivity index (χ1v) is 11.1.